The number of carbonyl (C=O) groups excluding carboxylic acids is 1. The zero-order valence-electron chi connectivity index (χ0n) is 15.0. The van der Waals surface area contributed by atoms with E-state index >= 15 is 0 Å². The second kappa shape index (κ2) is 7.67. The van der Waals surface area contributed by atoms with Gasteiger partial charge in [0.2, 0.25) is 5.91 Å². The summed E-state index contributed by atoms with van der Waals surface area (Å²) in [5.41, 5.74) is -0.611. The Morgan fingerprint density at radius 2 is 1.92 bits per heavy atom. The summed E-state index contributed by atoms with van der Waals surface area (Å²) >= 11 is 3.44. The molecule has 2 aliphatic rings. The zero-order valence-corrected chi connectivity index (χ0v) is 16.6. The summed E-state index contributed by atoms with van der Waals surface area (Å²) in [6, 6.07) is 8.08. The first-order chi connectivity index (χ1) is 11.8. The van der Waals surface area contributed by atoms with Gasteiger partial charge in [-0.25, -0.2) is 0 Å². The lowest BCUT2D eigenvalue weighted by atomic mass is 9.76. The Balaban J connectivity index is 1.38. The summed E-state index contributed by atoms with van der Waals surface area (Å²) in [7, 11) is 0. The van der Waals surface area contributed by atoms with Crippen LogP contribution in [0.5, 0.6) is 5.75 Å². The maximum Gasteiger partial charge on any atom is 0.223 e. The number of aliphatic hydroxyl groups is 1. The summed E-state index contributed by atoms with van der Waals surface area (Å²) in [4.78, 5) is 12.4. The monoisotopic (exact) mass is 409 g/mol. The zero-order chi connectivity index (χ0) is 18.0. The van der Waals surface area contributed by atoms with Crippen LogP contribution in [-0.4, -0.2) is 28.8 Å². The SMILES string of the molecule is CC(C)(O)C1CCC(NC(=O)C2CC(Oc3cccc(Br)c3)C2)CC1. The van der Waals surface area contributed by atoms with Crippen molar-refractivity contribution in [3.8, 4) is 5.75 Å². The molecule has 0 atom stereocenters. The third kappa shape index (κ3) is 4.98. The van der Waals surface area contributed by atoms with Crippen molar-refractivity contribution in [1.82, 2.24) is 5.32 Å². The maximum atomic E-state index is 12.4. The molecule has 0 radical (unpaired) electrons. The van der Waals surface area contributed by atoms with Crippen LogP contribution in [0.25, 0.3) is 0 Å². The van der Waals surface area contributed by atoms with E-state index in [4.69, 9.17) is 4.74 Å². The molecule has 3 rings (SSSR count). The van der Waals surface area contributed by atoms with Crippen LogP contribution in [0.2, 0.25) is 0 Å². The van der Waals surface area contributed by atoms with Crippen LogP contribution in [-0.2, 0) is 4.79 Å². The molecule has 1 aromatic carbocycles. The summed E-state index contributed by atoms with van der Waals surface area (Å²) in [6.45, 7) is 3.77. The molecule has 0 aliphatic heterocycles. The van der Waals surface area contributed by atoms with E-state index < -0.39 is 5.60 Å². The van der Waals surface area contributed by atoms with Crippen molar-refractivity contribution in [3.05, 3.63) is 28.7 Å². The molecule has 1 aromatic rings. The van der Waals surface area contributed by atoms with Crippen LogP contribution >= 0.6 is 15.9 Å². The smallest absolute Gasteiger partial charge is 0.223 e. The average molecular weight is 410 g/mol. The highest BCUT2D eigenvalue weighted by Crippen LogP contribution is 2.35. The van der Waals surface area contributed by atoms with Crippen molar-refractivity contribution >= 4 is 21.8 Å². The lowest BCUT2D eigenvalue weighted by Gasteiger charge is -2.38. The van der Waals surface area contributed by atoms with Gasteiger partial charge in [0.1, 0.15) is 11.9 Å². The van der Waals surface area contributed by atoms with Crippen LogP contribution in [0.4, 0.5) is 0 Å². The second-order valence-electron chi connectivity index (χ2n) is 8.08. The molecule has 0 spiro atoms. The minimum atomic E-state index is -0.611. The molecule has 2 N–H and O–H groups in total. The quantitative estimate of drug-likeness (QED) is 0.770. The summed E-state index contributed by atoms with van der Waals surface area (Å²) in [5, 5.41) is 13.3. The fraction of sp³-hybridized carbons (Fsp3) is 0.650. The van der Waals surface area contributed by atoms with Gasteiger partial charge < -0.3 is 15.2 Å². The molecule has 0 aromatic heterocycles. The molecule has 0 unspecified atom stereocenters. The molecular weight excluding hydrogens is 382 g/mol. The molecule has 1 amide bonds. The van der Waals surface area contributed by atoms with E-state index in [-0.39, 0.29) is 24.0 Å². The highest BCUT2D eigenvalue weighted by Gasteiger charge is 2.38. The Hall–Kier alpha value is -1.07. The van der Waals surface area contributed by atoms with Crippen LogP contribution < -0.4 is 10.1 Å². The summed E-state index contributed by atoms with van der Waals surface area (Å²) in [6.07, 6.45) is 5.60. The molecule has 25 heavy (non-hydrogen) atoms. The molecule has 138 valence electrons. The number of rotatable bonds is 5. The van der Waals surface area contributed by atoms with Crippen molar-refractivity contribution in [2.75, 3.05) is 0 Å². The predicted molar refractivity (Wildman–Crippen MR) is 101 cm³/mol. The molecule has 0 heterocycles. The average Bonchev–Trinajstić information content (AvgIpc) is 2.50. The second-order valence-corrected chi connectivity index (χ2v) is 8.99. The lowest BCUT2D eigenvalue weighted by Crippen LogP contribution is -2.48. The number of nitrogens with one attached hydrogen (secondary N) is 1. The maximum absolute atomic E-state index is 12.4. The molecule has 0 saturated heterocycles. The van der Waals surface area contributed by atoms with E-state index in [1.165, 1.54) is 0 Å². The number of ether oxygens (including phenoxy) is 1. The first kappa shape index (κ1) is 18.7. The Labute approximate surface area is 158 Å². The Kier molecular flexibility index (Phi) is 5.74. The number of benzene rings is 1. The number of amides is 1. The molecule has 2 fully saturated rings. The minimum Gasteiger partial charge on any atom is -0.490 e. The van der Waals surface area contributed by atoms with E-state index in [0.717, 1.165) is 48.7 Å². The number of hydrogen-bond donors (Lipinski definition) is 2. The van der Waals surface area contributed by atoms with E-state index in [9.17, 15) is 9.90 Å². The van der Waals surface area contributed by atoms with E-state index in [2.05, 4.69) is 21.2 Å². The number of halogens is 1. The van der Waals surface area contributed by atoms with E-state index in [0.29, 0.717) is 5.92 Å². The molecule has 2 aliphatic carbocycles. The number of carbonyl (C=O) groups is 1. The predicted octanol–water partition coefficient (Wildman–Crippen LogP) is 4.05. The van der Waals surface area contributed by atoms with Crippen LogP contribution in [0, 0.1) is 11.8 Å². The van der Waals surface area contributed by atoms with Crippen molar-refractivity contribution in [1.29, 1.82) is 0 Å². The molecular formula is C20H28BrNO3. The molecule has 0 bridgehead atoms. The van der Waals surface area contributed by atoms with E-state index in [1.807, 2.05) is 38.1 Å². The third-order valence-electron chi connectivity index (χ3n) is 5.64. The van der Waals surface area contributed by atoms with Gasteiger partial charge in [-0.05, 0) is 76.5 Å². The van der Waals surface area contributed by atoms with Crippen molar-refractivity contribution in [2.45, 2.75) is 70.1 Å². The standard InChI is InChI=1S/C20H28BrNO3/c1-20(2,24)14-6-8-16(9-7-14)22-19(23)13-10-18(11-13)25-17-5-3-4-15(21)12-17/h3-5,12-14,16,18,24H,6-11H2,1-2H3,(H,22,23). The van der Waals surface area contributed by atoms with Crippen LogP contribution in [0.15, 0.2) is 28.7 Å². The van der Waals surface area contributed by atoms with Gasteiger partial charge in [-0.3, -0.25) is 4.79 Å². The van der Waals surface area contributed by atoms with Gasteiger partial charge in [0.05, 0.1) is 5.60 Å². The Morgan fingerprint density at radius 3 is 2.52 bits per heavy atom. The first-order valence-corrected chi connectivity index (χ1v) is 10.1. The molecule has 2 saturated carbocycles. The van der Waals surface area contributed by atoms with Gasteiger partial charge in [-0.1, -0.05) is 22.0 Å². The van der Waals surface area contributed by atoms with Crippen LogP contribution in [0.1, 0.15) is 52.4 Å². The van der Waals surface area contributed by atoms with Crippen molar-refractivity contribution in [2.24, 2.45) is 11.8 Å². The topological polar surface area (TPSA) is 58.6 Å². The highest BCUT2D eigenvalue weighted by molar-refractivity contribution is 9.10. The van der Waals surface area contributed by atoms with Gasteiger partial charge in [-0.15, -0.1) is 0 Å². The van der Waals surface area contributed by atoms with Crippen molar-refractivity contribution in [3.63, 3.8) is 0 Å². The number of hydrogen-bond acceptors (Lipinski definition) is 3. The largest absolute Gasteiger partial charge is 0.490 e. The lowest BCUT2D eigenvalue weighted by molar-refractivity contribution is -0.131. The fourth-order valence-corrected chi connectivity index (χ4v) is 4.25. The van der Waals surface area contributed by atoms with E-state index in [1.54, 1.807) is 0 Å². The Bertz CT molecular complexity index is 599. The van der Waals surface area contributed by atoms with Crippen molar-refractivity contribution < 1.29 is 14.6 Å². The van der Waals surface area contributed by atoms with Gasteiger partial charge in [0.25, 0.3) is 0 Å². The first-order valence-electron chi connectivity index (χ1n) is 9.26. The van der Waals surface area contributed by atoms with Crippen LogP contribution in [0.3, 0.4) is 0 Å². The fourth-order valence-electron chi connectivity index (χ4n) is 3.87. The molecule has 4 nitrogen and oxygen atoms in total. The molecule has 5 heteroatoms. The minimum absolute atomic E-state index is 0.0733. The highest BCUT2D eigenvalue weighted by atomic mass is 79.9. The summed E-state index contributed by atoms with van der Waals surface area (Å²) in [5.74, 6) is 1.43. The van der Waals surface area contributed by atoms with Gasteiger partial charge in [0.15, 0.2) is 0 Å². The normalized spacial score (nSPS) is 29.6. The van der Waals surface area contributed by atoms with Gasteiger partial charge in [-0.2, -0.15) is 0 Å². The van der Waals surface area contributed by atoms with Gasteiger partial charge >= 0.3 is 0 Å². The Morgan fingerprint density at radius 1 is 1.24 bits per heavy atom. The third-order valence-corrected chi connectivity index (χ3v) is 6.13. The van der Waals surface area contributed by atoms with Gasteiger partial charge in [0, 0.05) is 16.4 Å². The summed E-state index contributed by atoms with van der Waals surface area (Å²) < 4.78 is 6.92.